The van der Waals surface area contributed by atoms with Crippen LogP contribution in [0.2, 0.25) is 10.8 Å². The molecule has 0 saturated heterocycles. The Hall–Kier alpha value is -2.87. The molecule has 0 fully saturated rings. The maximum atomic E-state index is 12.6. The van der Waals surface area contributed by atoms with E-state index in [0.717, 1.165) is 85.9 Å². The van der Waals surface area contributed by atoms with E-state index in [9.17, 15) is 5.53 Å². The number of aryl methyl sites for hydroxylation is 2. The Balaban J connectivity index is 0.000000855. The summed E-state index contributed by atoms with van der Waals surface area (Å²) in [7, 11) is 0. The molecule has 0 aliphatic carbocycles. The predicted molar refractivity (Wildman–Crippen MR) is 493 cm³/mol. The van der Waals surface area contributed by atoms with Gasteiger partial charge in [-0.2, -0.15) is 0 Å². The van der Waals surface area contributed by atoms with Gasteiger partial charge < -0.3 is 5.53 Å². The van der Waals surface area contributed by atoms with E-state index in [1.54, 1.807) is 4.70 Å². The summed E-state index contributed by atoms with van der Waals surface area (Å²) in [5.74, 6) is 14.3. The van der Waals surface area contributed by atoms with E-state index in [2.05, 4.69) is 115 Å². The molecule has 0 N–H and O–H groups in total. The Kier molecular flexibility index (Phi) is 76.3. The van der Waals surface area contributed by atoms with Crippen molar-refractivity contribution in [2.75, 3.05) is 0 Å². The zero-order valence-corrected chi connectivity index (χ0v) is 76.5. The first-order valence-corrected chi connectivity index (χ1v) is 51.4. The number of nitrogens with zero attached hydrogens (tertiary/aromatic N) is 2. The van der Waals surface area contributed by atoms with Gasteiger partial charge in [-0.25, -0.2) is 4.70 Å². The number of allylic oxidation sites excluding steroid dienone is 2. The van der Waals surface area contributed by atoms with Crippen LogP contribution in [0.5, 0.6) is 0 Å². The molecular formula is C107H188N2Ni. The summed E-state index contributed by atoms with van der Waals surface area (Å²) >= 11 is 2.05. The molecule has 3 heteroatoms. The van der Waals surface area contributed by atoms with Gasteiger partial charge in [0.25, 0.3) is 0 Å². The van der Waals surface area contributed by atoms with Gasteiger partial charge in [-0.1, -0.05) is 367 Å². The molecule has 0 saturated carbocycles. The summed E-state index contributed by atoms with van der Waals surface area (Å²) < 4.78 is 1.57. The van der Waals surface area contributed by atoms with E-state index in [4.69, 9.17) is 0 Å². The molecule has 0 aromatic heterocycles. The van der Waals surface area contributed by atoms with Crippen molar-refractivity contribution in [2.45, 2.75) is 561 Å². The minimum Gasteiger partial charge on any atom is -0.0654 e. The Morgan fingerprint density at radius 3 is 0.755 bits per heavy atom. The number of unbranched alkanes of at least 4 members (excludes halogenated alkanes) is 67. The predicted octanol–water partition coefficient (Wildman–Crippen LogP) is 38.0. The fourth-order valence-electron chi connectivity index (χ4n) is 16.6. The Morgan fingerprint density at radius 1 is 0.245 bits per heavy atom. The molecular weight excluding hydrogens is 1370 g/mol. The van der Waals surface area contributed by atoms with Crippen molar-refractivity contribution in [3.05, 3.63) is 86.5 Å². The first-order chi connectivity index (χ1) is 54.4. The maximum absolute atomic E-state index is 12.6. The third kappa shape index (κ3) is 60.6. The van der Waals surface area contributed by atoms with E-state index in [1.807, 2.05) is 14.4 Å². The van der Waals surface area contributed by atoms with E-state index < -0.39 is 0 Å². The van der Waals surface area contributed by atoms with Crippen molar-refractivity contribution in [1.29, 1.82) is 0 Å². The first kappa shape index (κ1) is 103. The number of benzene rings is 2. The third-order valence-corrected chi connectivity index (χ3v) is 25.3. The molecule has 0 unspecified atom stereocenters. The van der Waals surface area contributed by atoms with Gasteiger partial charge in [0.05, 0.1) is 0 Å². The van der Waals surface area contributed by atoms with Crippen LogP contribution in [0.3, 0.4) is 0 Å². The average Bonchev–Trinajstić information content (AvgIpc) is 1.61. The van der Waals surface area contributed by atoms with Gasteiger partial charge in [0.2, 0.25) is 11.4 Å². The van der Waals surface area contributed by atoms with E-state index >= 15 is 0 Å². The summed E-state index contributed by atoms with van der Waals surface area (Å²) in [6.07, 6.45) is 106. The van der Waals surface area contributed by atoms with Gasteiger partial charge in [0.15, 0.2) is 0 Å². The zero-order chi connectivity index (χ0) is 79.0. The van der Waals surface area contributed by atoms with Gasteiger partial charge in [0, 0.05) is 46.2 Å². The summed E-state index contributed by atoms with van der Waals surface area (Å²) in [5.41, 5.74) is 24.0. The van der Waals surface area contributed by atoms with Crippen molar-refractivity contribution < 1.29 is 19.1 Å². The summed E-state index contributed by atoms with van der Waals surface area (Å²) in [4.78, 5) is 0. The molecule has 0 bridgehead atoms. The minimum atomic E-state index is 0.928. The molecule has 1 aliphatic rings. The molecule has 3 rings (SSSR count). The second-order valence-electron chi connectivity index (χ2n) is 34.8. The monoisotopic (exact) mass is 1560 g/mol. The van der Waals surface area contributed by atoms with Gasteiger partial charge in [-0.15, -0.1) is 0 Å². The smallest absolute Gasteiger partial charge is 0.0654 e. The molecule has 2 nitrogen and oxygen atoms in total. The molecule has 2 aromatic rings. The average molecular weight is 1560 g/mol. The van der Waals surface area contributed by atoms with Crippen LogP contribution >= 0.6 is 0 Å². The Bertz CT molecular complexity index is 2420. The number of hydrogen-bond donors (Lipinski definition) is 0. The normalized spacial score (nSPS) is 12.2. The second kappa shape index (κ2) is 81.3. The standard InChI is InChI=1S/C67H106N2.2C20H41.Ni/c1-7-12-17-21-25-27-29-31-33-35-37-41-45-49-61-53-62(50-46-42-38-36-34-32-30-28-26-22-18-13-8-2)57-64(56-61)67-65(51-16-11-5)58(6)66(69(67)68)63-54-59(47-43-39-23-19-14-9-3)52-60(55-63)48-44-40-24-20-15-10-4;2*1-3-5-7-9-11-13-15-17-19-20-18-16-14-12-10-8-6-4-2;/h52-57H,7-44,47-48,51H2,1-6H3;2*1,3-20H2,2H3;. The quantitative estimate of drug-likeness (QED) is 0.0273. The van der Waals surface area contributed by atoms with Gasteiger partial charge in [0.1, 0.15) is 0 Å². The molecule has 0 spiro atoms. The van der Waals surface area contributed by atoms with Gasteiger partial charge in [-0.3, -0.25) is 0 Å². The molecule has 1 heterocycles. The Labute approximate surface area is 696 Å². The minimum absolute atomic E-state index is 0.928. The molecule has 0 atom stereocenters. The summed E-state index contributed by atoms with van der Waals surface area (Å²) in [6, 6.07) is 14.0. The van der Waals surface area contributed by atoms with Gasteiger partial charge in [-0.05, 0) is 99.7 Å². The van der Waals surface area contributed by atoms with Crippen molar-refractivity contribution in [2.24, 2.45) is 0 Å². The van der Waals surface area contributed by atoms with Crippen LogP contribution in [-0.4, -0.2) is 4.70 Å². The van der Waals surface area contributed by atoms with E-state index in [-0.39, 0.29) is 0 Å². The SMILES string of the molecule is CCCCCCCCCCCCCC#Cc1cc(C#CCCCCCCCCCCCCC)cc(C2=C(CCCC)C(C)=C(c3cc(CCCCCCCC)cc(CCCCCCCC)c3)[N+]2=[N-])c1.CCCCCCCCCCCCCCCCCCC[CH2][Ni][CH2]CCCCCCCCCCCCCCCCCCC. The molecule has 636 valence electrons. The first-order valence-electron chi connectivity index (χ1n) is 50.0. The van der Waals surface area contributed by atoms with E-state index in [0.29, 0.717) is 0 Å². The van der Waals surface area contributed by atoms with E-state index in [1.165, 1.54) is 475 Å². The fourth-order valence-corrected chi connectivity index (χ4v) is 17.8. The van der Waals surface area contributed by atoms with Crippen molar-refractivity contribution >= 4 is 11.4 Å². The van der Waals surface area contributed by atoms with Crippen LogP contribution in [0.4, 0.5) is 0 Å². The van der Waals surface area contributed by atoms with Crippen LogP contribution in [0.15, 0.2) is 47.5 Å². The fraction of sp³-hybridized carbons (Fsp3) is 0.813. The van der Waals surface area contributed by atoms with Gasteiger partial charge >= 0.3 is 166 Å². The number of hydrogen-bond acceptors (Lipinski definition) is 0. The topological polar surface area (TPSA) is 25.3 Å². The molecule has 2 aromatic carbocycles. The van der Waals surface area contributed by atoms with Crippen molar-refractivity contribution in [3.63, 3.8) is 0 Å². The van der Waals surface area contributed by atoms with Crippen molar-refractivity contribution in [1.82, 2.24) is 0 Å². The Morgan fingerprint density at radius 2 is 0.482 bits per heavy atom. The third-order valence-electron chi connectivity index (χ3n) is 23.9. The second-order valence-corrected chi connectivity index (χ2v) is 36.2. The molecule has 0 amide bonds. The van der Waals surface area contributed by atoms with Crippen LogP contribution < -0.4 is 0 Å². The summed E-state index contributed by atoms with van der Waals surface area (Å²) in [5, 5.41) is 2.87. The van der Waals surface area contributed by atoms with Crippen LogP contribution in [0.25, 0.3) is 16.9 Å². The zero-order valence-electron chi connectivity index (χ0n) is 75.5. The van der Waals surface area contributed by atoms with Crippen LogP contribution in [0.1, 0.15) is 570 Å². The molecule has 0 radical (unpaired) electrons. The van der Waals surface area contributed by atoms with Crippen LogP contribution in [-0.2, 0) is 27.3 Å². The molecule has 1 aliphatic heterocycles. The number of rotatable bonds is 79. The van der Waals surface area contributed by atoms with Crippen molar-refractivity contribution in [3.8, 4) is 23.7 Å². The molecule has 110 heavy (non-hydrogen) atoms. The summed E-state index contributed by atoms with van der Waals surface area (Å²) in [6.45, 7) is 18.4. The van der Waals surface area contributed by atoms with Crippen LogP contribution in [0, 0.1) is 23.7 Å².